The fraction of sp³-hybridized carbons (Fsp3) is 0.462. The lowest BCUT2D eigenvalue weighted by Crippen LogP contribution is -2.34. The van der Waals surface area contributed by atoms with Gasteiger partial charge in [-0.2, -0.15) is 0 Å². The first kappa shape index (κ1) is 11.9. The Balaban J connectivity index is 2.19. The molecule has 1 heterocycles. The van der Waals surface area contributed by atoms with Crippen molar-refractivity contribution in [1.29, 1.82) is 0 Å². The van der Waals surface area contributed by atoms with Gasteiger partial charge in [-0.25, -0.2) is 4.39 Å². The second-order valence-electron chi connectivity index (χ2n) is 4.73. The summed E-state index contributed by atoms with van der Waals surface area (Å²) in [7, 11) is 1.94. The Bertz CT molecular complexity index is 447. The maximum atomic E-state index is 13.1. The molecule has 92 valence electrons. The van der Waals surface area contributed by atoms with Crippen molar-refractivity contribution in [3.63, 3.8) is 0 Å². The Morgan fingerprint density at radius 2 is 2.35 bits per heavy atom. The van der Waals surface area contributed by atoms with Crippen molar-refractivity contribution in [3.05, 3.63) is 29.6 Å². The number of carbonyl (C=O) groups is 1. The summed E-state index contributed by atoms with van der Waals surface area (Å²) >= 11 is 0. The van der Waals surface area contributed by atoms with Gasteiger partial charge in [-0.15, -0.1) is 0 Å². The summed E-state index contributed by atoms with van der Waals surface area (Å²) in [6.45, 7) is 1.93. The molecular formula is C13H16FNO2. The van der Waals surface area contributed by atoms with Crippen molar-refractivity contribution >= 4 is 11.7 Å². The number of hydrogen-bond acceptors (Lipinski definition) is 2. The van der Waals surface area contributed by atoms with Crippen LogP contribution in [0.2, 0.25) is 0 Å². The molecule has 0 saturated heterocycles. The molecule has 17 heavy (non-hydrogen) atoms. The van der Waals surface area contributed by atoms with E-state index in [4.69, 9.17) is 5.11 Å². The second-order valence-corrected chi connectivity index (χ2v) is 4.73. The average molecular weight is 237 g/mol. The van der Waals surface area contributed by atoms with Gasteiger partial charge in [0.25, 0.3) is 0 Å². The molecule has 2 unspecified atom stereocenters. The highest BCUT2D eigenvalue weighted by molar-refractivity contribution is 5.67. The molecule has 1 aliphatic rings. The largest absolute Gasteiger partial charge is 0.481 e. The minimum Gasteiger partial charge on any atom is -0.481 e. The fourth-order valence-electron chi connectivity index (χ4n) is 2.60. The van der Waals surface area contributed by atoms with Gasteiger partial charge < -0.3 is 10.0 Å². The van der Waals surface area contributed by atoms with Crippen molar-refractivity contribution < 1.29 is 14.3 Å². The van der Waals surface area contributed by atoms with E-state index in [-0.39, 0.29) is 24.2 Å². The Morgan fingerprint density at radius 1 is 1.65 bits per heavy atom. The molecule has 0 aromatic heterocycles. The van der Waals surface area contributed by atoms with E-state index in [1.807, 2.05) is 14.0 Å². The summed E-state index contributed by atoms with van der Waals surface area (Å²) in [4.78, 5) is 12.8. The molecule has 0 bridgehead atoms. The van der Waals surface area contributed by atoms with Crippen LogP contribution in [0.5, 0.6) is 0 Å². The van der Waals surface area contributed by atoms with Crippen molar-refractivity contribution in [2.24, 2.45) is 5.92 Å². The minimum atomic E-state index is -0.784. The zero-order valence-electron chi connectivity index (χ0n) is 9.98. The van der Waals surface area contributed by atoms with E-state index < -0.39 is 5.97 Å². The number of halogens is 1. The number of likely N-dealkylation sites (N-methyl/N-ethyl adjacent to an activating group) is 1. The summed E-state index contributed by atoms with van der Waals surface area (Å²) in [6, 6.07) is 4.89. The van der Waals surface area contributed by atoms with Gasteiger partial charge in [0.1, 0.15) is 5.82 Å². The number of hydrogen-bond donors (Lipinski definition) is 1. The quantitative estimate of drug-likeness (QED) is 0.876. The van der Waals surface area contributed by atoms with E-state index in [1.165, 1.54) is 6.07 Å². The van der Waals surface area contributed by atoms with Gasteiger partial charge >= 0.3 is 5.97 Å². The molecule has 1 aromatic rings. The van der Waals surface area contributed by atoms with Crippen LogP contribution < -0.4 is 4.90 Å². The molecule has 0 aliphatic carbocycles. The number of aliphatic carboxylic acids is 1. The monoisotopic (exact) mass is 237 g/mol. The molecule has 1 aromatic carbocycles. The number of carboxylic acids is 1. The minimum absolute atomic E-state index is 0.0490. The summed E-state index contributed by atoms with van der Waals surface area (Å²) in [5.41, 5.74) is 1.98. The van der Waals surface area contributed by atoms with Gasteiger partial charge in [0.05, 0.1) is 0 Å². The average Bonchev–Trinajstić information content (AvgIpc) is 2.54. The van der Waals surface area contributed by atoms with Crippen LogP contribution in [0.1, 0.15) is 18.9 Å². The summed E-state index contributed by atoms with van der Waals surface area (Å²) in [5, 5.41) is 8.81. The first-order valence-electron chi connectivity index (χ1n) is 5.72. The van der Waals surface area contributed by atoms with Crippen LogP contribution in [0.4, 0.5) is 10.1 Å². The van der Waals surface area contributed by atoms with Crippen molar-refractivity contribution in [3.8, 4) is 0 Å². The van der Waals surface area contributed by atoms with E-state index in [0.717, 1.165) is 17.7 Å². The van der Waals surface area contributed by atoms with E-state index in [0.29, 0.717) is 0 Å². The lowest BCUT2D eigenvalue weighted by atomic mass is 9.95. The maximum absolute atomic E-state index is 13.1. The van der Waals surface area contributed by atoms with E-state index in [9.17, 15) is 9.18 Å². The molecule has 2 rings (SSSR count). The first-order chi connectivity index (χ1) is 7.99. The van der Waals surface area contributed by atoms with Crippen LogP contribution in [0, 0.1) is 11.7 Å². The molecule has 0 fully saturated rings. The number of fused-ring (bicyclic) bond motifs is 1. The molecule has 1 N–H and O–H groups in total. The third-order valence-corrected chi connectivity index (χ3v) is 3.50. The maximum Gasteiger partial charge on any atom is 0.303 e. The van der Waals surface area contributed by atoms with Crippen LogP contribution in [0.3, 0.4) is 0 Å². The summed E-state index contributed by atoms with van der Waals surface area (Å²) in [6.07, 6.45) is 0.865. The van der Waals surface area contributed by atoms with Crippen LogP contribution in [-0.2, 0) is 11.2 Å². The van der Waals surface area contributed by atoms with Crippen molar-refractivity contribution in [2.45, 2.75) is 25.8 Å². The summed E-state index contributed by atoms with van der Waals surface area (Å²) in [5.74, 6) is -0.968. The van der Waals surface area contributed by atoms with Gasteiger partial charge in [0, 0.05) is 25.2 Å². The zero-order chi connectivity index (χ0) is 12.6. The summed E-state index contributed by atoms with van der Waals surface area (Å²) < 4.78 is 13.1. The molecule has 0 radical (unpaired) electrons. The molecule has 4 heteroatoms. The predicted octanol–water partition coefficient (Wildman–Crippen LogP) is 2.30. The highest BCUT2D eigenvalue weighted by atomic mass is 19.1. The molecular weight excluding hydrogens is 221 g/mol. The van der Waals surface area contributed by atoms with E-state index >= 15 is 0 Å². The number of nitrogens with zero attached hydrogens (tertiary/aromatic N) is 1. The standard InChI is InChI=1S/C13H16FNO2/c1-8(5-13(16)17)12-7-9-6-10(14)3-4-11(9)15(12)2/h3-4,6,8,12H,5,7H2,1-2H3,(H,16,17). The first-order valence-corrected chi connectivity index (χ1v) is 5.72. The molecule has 1 aliphatic heterocycles. The van der Waals surface area contributed by atoms with Crippen LogP contribution in [-0.4, -0.2) is 24.2 Å². The molecule has 0 spiro atoms. The lowest BCUT2D eigenvalue weighted by molar-refractivity contribution is -0.138. The fourth-order valence-corrected chi connectivity index (χ4v) is 2.60. The van der Waals surface area contributed by atoms with Crippen LogP contribution in [0.25, 0.3) is 0 Å². The van der Waals surface area contributed by atoms with E-state index in [2.05, 4.69) is 4.90 Å². The normalized spacial score (nSPS) is 20.2. The van der Waals surface area contributed by atoms with Crippen molar-refractivity contribution in [1.82, 2.24) is 0 Å². The van der Waals surface area contributed by atoms with Crippen LogP contribution >= 0.6 is 0 Å². The topological polar surface area (TPSA) is 40.5 Å². The SMILES string of the molecule is CC(CC(=O)O)C1Cc2cc(F)ccc2N1C. The Kier molecular flexibility index (Phi) is 3.05. The predicted molar refractivity (Wildman–Crippen MR) is 63.7 cm³/mol. The molecule has 0 saturated carbocycles. The van der Waals surface area contributed by atoms with Gasteiger partial charge in [-0.1, -0.05) is 6.92 Å². The third-order valence-electron chi connectivity index (χ3n) is 3.50. The van der Waals surface area contributed by atoms with E-state index in [1.54, 1.807) is 12.1 Å². The molecule has 2 atom stereocenters. The Morgan fingerprint density at radius 3 is 3.00 bits per heavy atom. The zero-order valence-corrected chi connectivity index (χ0v) is 9.98. The number of anilines is 1. The van der Waals surface area contributed by atoms with Gasteiger partial charge in [-0.3, -0.25) is 4.79 Å². The smallest absolute Gasteiger partial charge is 0.303 e. The Hall–Kier alpha value is -1.58. The highest BCUT2D eigenvalue weighted by Gasteiger charge is 2.31. The number of carboxylic acid groups (broad SMARTS) is 1. The third kappa shape index (κ3) is 2.25. The number of benzene rings is 1. The van der Waals surface area contributed by atoms with Gasteiger partial charge in [-0.05, 0) is 36.1 Å². The molecule has 0 amide bonds. The Labute approximate surface area is 99.9 Å². The molecule has 3 nitrogen and oxygen atoms in total. The van der Waals surface area contributed by atoms with Crippen LogP contribution in [0.15, 0.2) is 18.2 Å². The number of rotatable bonds is 3. The lowest BCUT2D eigenvalue weighted by Gasteiger charge is -2.27. The van der Waals surface area contributed by atoms with Crippen molar-refractivity contribution in [2.75, 3.05) is 11.9 Å². The van der Waals surface area contributed by atoms with Gasteiger partial charge in [0.15, 0.2) is 0 Å². The second kappa shape index (κ2) is 4.35. The van der Waals surface area contributed by atoms with Gasteiger partial charge in [0.2, 0.25) is 0 Å². The highest BCUT2D eigenvalue weighted by Crippen LogP contribution is 2.35.